The molecule has 0 aromatic carbocycles. The van der Waals surface area contributed by atoms with E-state index in [4.69, 9.17) is 5.11 Å². The van der Waals surface area contributed by atoms with Crippen LogP contribution in [0.5, 0.6) is 0 Å². The molecule has 0 aromatic rings. The van der Waals surface area contributed by atoms with E-state index in [1.54, 1.807) is 0 Å². The Kier molecular flexibility index (Phi) is 1.75. The molecule has 1 aliphatic rings. The zero-order valence-electron chi connectivity index (χ0n) is 5.33. The van der Waals surface area contributed by atoms with E-state index >= 15 is 0 Å². The number of carboxylic acid groups (broad SMARTS) is 1. The minimum absolute atomic E-state index is 0.307. The van der Waals surface area contributed by atoms with Gasteiger partial charge in [0.2, 0.25) is 0 Å². The zero-order valence-corrected chi connectivity index (χ0v) is 5.33. The summed E-state index contributed by atoms with van der Waals surface area (Å²) in [6.07, 6.45) is -0.491. The molecule has 0 unspecified atom stereocenters. The molecule has 2 N–H and O–H groups in total. The highest BCUT2D eigenvalue weighted by atomic mass is 16.4. The summed E-state index contributed by atoms with van der Waals surface area (Å²) in [5.74, 6) is 0. The minimum Gasteiger partial charge on any atom is -0.465 e. The summed E-state index contributed by atoms with van der Waals surface area (Å²) in [4.78, 5) is 21.7. The maximum absolute atomic E-state index is 10.7. The Morgan fingerprint density at radius 3 is 2.80 bits per heavy atom. The Balaban J connectivity index is 2.56. The second-order valence-electron chi connectivity index (χ2n) is 2.02. The fourth-order valence-corrected chi connectivity index (χ4v) is 0.812. The highest BCUT2D eigenvalue weighted by Crippen LogP contribution is 1.98. The average molecular weight is 144 g/mol. The first-order valence-electron chi connectivity index (χ1n) is 3.00. The van der Waals surface area contributed by atoms with Crippen LogP contribution in [0.4, 0.5) is 9.59 Å². The lowest BCUT2D eigenvalue weighted by molar-refractivity contribution is 0.142. The van der Waals surface area contributed by atoms with Crippen molar-refractivity contribution in [2.75, 3.05) is 13.1 Å². The second-order valence-corrected chi connectivity index (χ2v) is 2.02. The summed E-state index contributed by atoms with van der Waals surface area (Å²) in [5.41, 5.74) is 0. The summed E-state index contributed by atoms with van der Waals surface area (Å²) < 4.78 is 0. The van der Waals surface area contributed by atoms with Crippen LogP contribution >= 0.6 is 0 Å². The van der Waals surface area contributed by atoms with Crippen molar-refractivity contribution in [1.82, 2.24) is 10.2 Å². The van der Waals surface area contributed by atoms with Gasteiger partial charge >= 0.3 is 12.1 Å². The molecule has 0 aliphatic carbocycles. The summed E-state index contributed by atoms with van der Waals surface area (Å²) >= 11 is 0. The van der Waals surface area contributed by atoms with Crippen LogP contribution in [0, 0.1) is 0 Å². The summed E-state index contributed by atoms with van der Waals surface area (Å²) in [7, 11) is 0. The maximum atomic E-state index is 10.7. The van der Waals surface area contributed by atoms with E-state index in [0.717, 1.165) is 4.90 Å². The Morgan fingerprint density at radius 1 is 1.70 bits per heavy atom. The van der Waals surface area contributed by atoms with Crippen molar-refractivity contribution in [2.45, 2.75) is 6.42 Å². The number of carbonyl (C=O) groups excluding carboxylic acids is 1. The van der Waals surface area contributed by atoms with Crippen LogP contribution < -0.4 is 5.32 Å². The molecule has 1 rings (SSSR count). The van der Waals surface area contributed by atoms with Crippen LogP contribution in [0.3, 0.4) is 0 Å². The predicted octanol–water partition coefficient (Wildman–Crippen LogP) is 0.0797. The van der Waals surface area contributed by atoms with Crippen molar-refractivity contribution in [3.63, 3.8) is 0 Å². The van der Waals surface area contributed by atoms with Gasteiger partial charge in [-0.25, -0.2) is 14.5 Å². The molecule has 0 radical (unpaired) electrons. The van der Waals surface area contributed by atoms with Gasteiger partial charge in [0.1, 0.15) is 0 Å². The average Bonchev–Trinajstić information content (AvgIpc) is 1.88. The van der Waals surface area contributed by atoms with E-state index in [1.807, 2.05) is 0 Å². The molecule has 10 heavy (non-hydrogen) atoms. The van der Waals surface area contributed by atoms with Gasteiger partial charge in [0.05, 0.1) is 0 Å². The minimum atomic E-state index is -1.18. The third kappa shape index (κ3) is 1.18. The number of urea groups is 1. The molecule has 0 bridgehead atoms. The predicted molar refractivity (Wildman–Crippen MR) is 32.7 cm³/mol. The van der Waals surface area contributed by atoms with Crippen molar-refractivity contribution < 1.29 is 14.7 Å². The molecule has 5 nitrogen and oxygen atoms in total. The number of imide groups is 1. The van der Waals surface area contributed by atoms with Crippen LogP contribution in [-0.2, 0) is 0 Å². The lowest BCUT2D eigenvalue weighted by Gasteiger charge is -2.22. The molecule has 3 amide bonds. The molecule has 5 heteroatoms. The van der Waals surface area contributed by atoms with Gasteiger partial charge < -0.3 is 10.4 Å². The van der Waals surface area contributed by atoms with Gasteiger partial charge in [0.25, 0.3) is 0 Å². The Hall–Kier alpha value is -1.26. The van der Waals surface area contributed by atoms with Crippen LogP contribution in [0.15, 0.2) is 0 Å². The first kappa shape index (κ1) is 6.85. The Bertz CT molecular complexity index is 168. The number of hydrogen-bond acceptors (Lipinski definition) is 2. The standard InChI is InChI=1S/C5H8N2O3/c8-4-6-2-1-3-7(4)5(9)10/h1-3H2,(H,6,8)(H,9,10). The van der Waals surface area contributed by atoms with Crippen molar-refractivity contribution in [2.24, 2.45) is 0 Å². The van der Waals surface area contributed by atoms with Gasteiger partial charge in [-0.2, -0.15) is 0 Å². The maximum Gasteiger partial charge on any atom is 0.415 e. The van der Waals surface area contributed by atoms with Gasteiger partial charge in [0, 0.05) is 13.1 Å². The zero-order chi connectivity index (χ0) is 7.56. The number of hydrogen-bond donors (Lipinski definition) is 2. The van der Waals surface area contributed by atoms with Crippen molar-refractivity contribution in [1.29, 1.82) is 0 Å². The molecule has 0 spiro atoms. The SMILES string of the molecule is O=C(O)N1CCCNC1=O. The third-order valence-corrected chi connectivity index (χ3v) is 1.31. The molecule has 1 fully saturated rings. The summed E-state index contributed by atoms with van der Waals surface area (Å²) in [5, 5.41) is 10.8. The van der Waals surface area contributed by atoms with Crippen molar-refractivity contribution >= 4 is 12.1 Å². The first-order valence-corrected chi connectivity index (χ1v) is 3.00. The Morgan fingerprint density at radius 2 is 2.40 bits per heavy atom. The highest BCUT2D eigenvalue weighted by molar-refractivity contribution is 5.90. The fraction of sp³-hybridized carbons (Fsp3) is 0.600. The Labute approximate surface area is 57.6 Å². The monoisotopic (exact) mass is 144 g/mol. The fourth-order valence-electron chi connectivity index (χ4n) is 0.812. The number of nitrogens with one attached hydrogen (secondary N) is 1. The number of carbonyl (C=O) groups is 2. The number of amides is 3. The molecule has 1 heterocycles. The lowest BCUT2D eigenvalue weighted by Crippen LogP contribution is -2.48. The van der Waals surface area contributed by atoms with E-state index in [9.17, 15) is 9.59 Å². The molecular formula is C5H8N2O3. The van der Waals surface area contributed by atoms with E-state index in [0.29, 0.717) is 19.5 Å². The number of nitrogens with zero attached hydrogens (tertiary/aromatic N) is 1. The van der Waals surface area contributed by atoms with E-state index < -0.39 is 12.1 Å². The quantitative estimate of drug-likeness (QED) is 0.505. The summed E-state index contributed by atoms with van der Waals surface area (Å²) in [6, 6.07) is -0.515. The first-order chi connectivity index (χ1) is 4.72. The van der Waals surface area contributed by atoms with E-state index in [2.05, 4.69) is 5.32 Å². The summed E-state index contributed by atoms with van der Waals surface area (Å²) in [6.45, 7) is 0.879. The van der Waals surface area contributed by atoms with Crippen molar-refractivity contribution in [3.05, 3.63) is 0 Å². The molecule has 0 atom stereocenters. The normalized spacial score (nSPS) is 18.4. The number of rotatable bonds is 0. The van der Waals surface area contributed by atoms with Crippen LogP contribution in [0.25, 0.3) is 0 Å². The largest absolute Gasteiger partial charge is 0.465 e. The van der Waals surface area contributed by atoms with E-state index in [1.165, 1.54) is 0 Å². The van der Waals surface area contributed by atoms with E-state index in [-0.39, 0.29) is 0 Å². The molecule has 1 saturated heterocycles. The third-order valence-electron chi connectivity index (χ3n) is 1.31. The molecule has 0 aromatic heterocycles. The second kappa shape index (κ2) is 2.55. The van der Waals surface area contributed by atoms with Crippen LogP contribution in [-0.4, -0.2) is 35.2 Å². The van der Waals surface area contributed by atoms with Gasteiger partial charge in [0.15, 0.2) is 0 Å². The van der Waals surface area contributed by atoms with Crippen LogP contribution in [0.1, 0.15) is 6.42 Å². The molecule has 1 aliphatic heterocycles. The molecule has 0 saturated carbocycles. The van der Waals surface area contributed by atoms with Gasteiger partial charge in [-0.1, -0.05) is 0 Å². The van der Waals surface area contributed by atoms with Crippen molar-refractivity contribution in [3.8, 4) is 0 Å². The smallest absolute Gasteiger partial charge is 0.415 e. The lowest BCUT2D eigenvalue weighted by atomic mass is 10.3. The van der Waals surface area contributed by atoms with Gasteiger partial charge in [-0.3, -0.25) is 0 Å². The van der Waals surface area contributed by atoms with Gasteiger partial charge in [-0.05, 0) is 6.42 Å². The highest BCUT2D eigenvalue weighted by Gasteiger charge is 2.22. The topological polar surface area (TPSA) is 69.6 Å². The molecular weight excluding hydrogens is 136 g/mol. The van der Waals surface area contributed by atoms with Crippen LogP contribution in [0.2, 0.25) is 0 Å². The van der Waals surface area contributed by atoms with Gasteiger partial charge in [-0.15, -0.1) is 0 Å². The molecule has 56 valence electrons.